The lowest BCUT2D eigenvalue weighted by Gasteiger charge is -2.17. The molecule has 4 nitrogen and oxygen atoms in total. The molecule has 1 unspecified atom stereocenters. The van der Waals surface area contributed by atoms with Gasteiger partial charge in [-0.2, -0.15) is 0 Å². The predicted octanol–water partition coefficient (Wildman–Crippen LogP) is 2.86. The normalized spacial score (nSPS) is 17.9. The van der Waals surface area contributed by atoms with E-state index in [9.17, 15) is 17.6 Å². The summed E-state index contributed by atoms with van der Waals surface area (Å²) in [5.41, 5.74) is 0.963. The summed E-state index contributed by atoms with van der Waals surface area (Å²) in [7, 11) is -3.49. The predicted molar refractivity (Wildman–Crippen MR) is 89.2 cm³/mol. The average Bonchev–Trinajstić information content (AvgIpc) is 3.04. The summed E-state index contributed by atoms with van der Waals surface area (Å²) < 4.78 is 37.3. The van der Waals surface area contributed by atoms with Crippen molar-refractivity contribution in [2.45, 2.75) is 17.2 Å². The van der Waals surface area contributed by atoms with Crippen molar-refractivity contribution in [3.05, 3.63) is 65.5 Å². The third kappa shape index (κ3) is 3.33. The van der Waals surface area contributed by atoms with Crippen molar-refractivity contribution in [2.75, 3.05) is 19.3 Å². The molecule has 0 aromatic heterocycles. The van der Waals surface area contributed by atoms with Gasteiger partial charge in [0.2, 0.25) is 0 Å². The molecule has 1 aliphatic rings. The van der Waals surface area contributed by atoms with Crippen LogP contribution in [-0.4, -0.2) is 38.6 Å². The highest BCUT2D eigenvalue weighted by atomic mass is 32.2. The highest BCUT2D eigenvalue weighted by molar-refractivity contribution is 7.90. The van der Waals surface area contributed by atoms with Crippen LogP contribution in [-0.2, 0) is 9.84 Å². The Morgan fingerprint density at radius 1 is 1.17 bits per heavy atom. The standard InChI is InChI=1S/C18H18FNO3S/c1-24(22,23)15-7-8-17(19)16(11-15)18(21)20-10-9-14(12-20)13-5-3-2-4-6-13/h2-8,11,14H,9-10,12H2,1H3. The summed E-state index contributed by atoms with van der Waals surface area (Å²) in [4.78, 5) is 14.2. The van der Waals surface area contributed by atoms with Crippen molar-refractivity contribution >= 4 is 15.7 Å². The number of nitrogens with zero attached hydrogens (tertiary/aromatic N) is 1. The van der Waals surface area contributed by atoms with Crippen LogP contribution in [0.3, 0.4) is 0 Å². The first-order valence-electron chi connectivity index (χ1n) is 7.70. The SMILES string of the molecule is CS(=O)(=O)c1ccc(F)c(C(=O)N2CCC(c3ccccc3)C2)c1. The monoisotopic (exact) mass is 347 g/mol. The molecule has 1 atom stereocenters. The van der Waals surface area contributed by atoms with Crippen molar-refractivity contribution in [3.8, 4) is 0 Å². The van der Waals surface area contributed by atoms with Crippen molar-refractivity contribution in [3.63, 3.8) is 0 Å². The Hall–Kier alpha value is -2.21. The molecule has 0 N–H and O–H groups in total. The van der Waals surface area contributed by atoms with E-state index in [4.69, 9.17) is 0 Å². The van der Waals surface area contributed by atoms with Gasteiger partial charge in [0.1, 0.15) is 5.82 Å². The molecule has 1 saturated heterocycles. The zero-order valence-corrected chi connectivity index (χ0v) is 14.1. The molecule has 1 heterocycles. The summed E-state index contributed by atoms with van der Waals surface area (Å²) in [5, 5.41) is 0. The Balaban J connectivity index is 1.83. The third-order valence-electron chi connectivity index (χ3n) is 4.34. The summed E-state index contributed by atoms with van der Waals surface area (Å²) in [6.07, 6.45) is 1.85. The van der Waals surface area contributed by atoms with Crippen molar-refractivity contribution in [2.24, 2.45) is 0 Å². The molecule has 1 fully saturated rings. The van der Waals surface area contributed by atoms with E-state index in [0.717, 1.165) is 30.4 Å². The number of carbonyl (C=O) groups excluding carboxylic acids is 1. The van der Waals surface area contributed by atoms with Crippen LogP contribution in [0.15, 0.2) is 53.4 Å². The lowest BCUT2D eigenvalue weighted by Crippen LogP contribution is -2.29. The minimum Gasteiger partial charge on any atom is -0.338 e. The van der Waals surface area contributed by atoms with Gasteiger partial charge in [0.25, 0.3) is 5.91 Å². The van der Waals surface area contributed by atoms with Crippen LogP contribution in [0.2, 0.25) is 0 Å². The van der Waals surface area contributed by atoms with Gasteiger partial charge < -0.3 is 4.90 Å². The highest BCUT2D eigenvalue weighted by Crippen LogP contribution is 2.28. The lowest BCUT2D eigenvalue weighted by molar-refractivity contribution is 0.0786. The summed E-state index contributed by atoms with van der Waals surface area (Å²) in [5.74, 6) is -0.941. The Morgan fingerprint density at radius 2 is 1.88 bits per heavy atom. The Kier molecular flexibility index (Phi) is 4.41. The number of likely N-dealkylation sites (tertiary alicyclic amines) is 1. The van der Waals surface area contributed by atoms with Gasteiger partial charge in [-0.15, -0.1) is 0 Å². The third-order valence-corrected chi connectivity index (χ3v) is 5.45. The molecule has 2 aromatic carbocycles. The highest BCUT2D eigenvalue weighted by Gasteiger charge is 2.29. The second-order valence-electron chi connectivity index (χ2n) is 6.06. The fraction of sp³-hybridized carbons (Fsp3) is 0.278. The number of carbonyl (C=O) groups is 1. The fourth-order valence-electron chi connectivity index (χ4n) is 3.01. The zero-order valence-electron chi connectivity index (χ0n) is 13.3. The minimum absolute atomic E-state index is 0.0499. The van der Waals surface area contributed by atoms with Crippen LogP contribution in [0.1, 0.15) is 28.3 Å². The van der Waals surface area contributed by atoms with E-state index >= 15 is 0 Å². The maximum absolute atomic E-state index is 14.0. The van der Waals surface area contributed by atoms with Crippen LogP contribution in [0.5, 0.6) is 0 Å². The summed E-state index contributed by atoms with van der Waals surface area (Å²) in [6, 6.07) is 13.2. The van der Waals surface area contributed by atoms with E-state index < -0.39 is 21.6 Å². The van der Waals surface area contributed by atoms with Gasteiger partial charge in [-0.1, -0.05) is 30.3 Å². The van der Waals surface area contributed by atoms with Crippen LogP contribution in [0.25, 0.3) is 0 Å². The molecule has 0 saturated carbocycles. The Labute approximate surface area is 140 Å². The molecular weight excluding hydrogens is 329 g/mol. The Morgan fingerprint density at radius 3 is 2.54 bits per heavy atom. The van der Waals surface area contributed by atoms with Gasteiger partial charge in [0.15, 0.2) is 9.84 Å². The van der Waals surface area contributed by atoms with Crippen LogP contribution in [0, 0.1) is 5.82 Å². The maximum atomic E-state index is 14.0. The summed E-state index contributed by atoms with van der Waals surface area (Å²) >= 11 is 0. The van der Waals surface area contributed by atoms with Crippen LogP contribution < -0.4 is 0 Å². The smallest absolute Gasteiger partial charge is 0.256 e. The molecule has 2 aromatic rings. The van der Waals surface area contributed by atoms with E-state index in [0.29, 0.717) is 13.1 Å². The van der Waals surface area contributed by atoms with E-state index in [2.05, 4.69) is 0 Å². The van der Waals surface area contributed by atoms with E-state index in [1.54, 1.807) is 4.90 Å². The van der Waals surface area contributed by atoms with Gasteiger partial charge in [0, 0.05) is 25.3 Å². The molecule has 0 radical (unpaired) electrons. The molecule has 24 heavy (non-hydrogen) atoms. The number of benzene rings is 2. The number of rotatable bonds is 3. The quantitative estimate of drug-likeness (QED) is 0.802. The van der Waals surface area contributed by atoms with Crippen molar-refractivity contribution < 1.29 is 17.6 Å². The second-order valence-corrected chi connectivity index (χ2v) is 8.08. The maximum Gasteiger partial charge on any atom is 0.256 e. The van der Waals surface area contributed by atoms with E-state index in [-0.39, 0.29) is 16.4 Å². The van der Waals surface area contributed by atoms with Crippen LogP contribution >= 0.6 is 0 Å². The first kappa shape index (κ1) is 16.6. The van der Waals surface area contributed by atoms with Gasteiger partial charge in [0.05, 0.1) is 10.5 Å². The van der Waals surface area contributed by atoms with E-state index in [1.807, 2.05) is 30.3 Å². The minimum atomic E-state index is -3.49. The van der Waals surface area contributed by atoms with Gasteiger partial charge >= 0.3 is 0 Å². The molecule has 0 spiro atoms. The lowest BCUT2D eigenvalue weighted by atomic mass is 9.99. The first-order valence-corrected chi connectivity index (χ1v) is 9.59. The number of hydrogen-bond donors (Lipinski definition) is 0. The second kappa shape index (κ2) is 6.36. The number of amides is 1. The number of sulfone groups is 1. The summed E-state index contributed by atoms with van der Waals surface area (Å²) in [6.45, 7) is 1.03. The molecule has 0 aliphatic carbocycles. The van der Waals surface area contributed by atoms with Gasteiger partial charge in [-0.25, -0.2) is 12.8 Å². The molecule has 6 heteroatoms. The molecule has 3 rings (SSSR count). The number of hydrogen-bond acceptors (Lipinski definition) is 3. The molecule has 126 valence electrons. The van der Waals surface area contributed by atoms with Gasteiger partial charge in [-0.3, -0.25) is 4.79 Å². The molecule has 1 aliphatic heterocycles. The fourth-order valence-corrected chi connectivity index (χ4v) is 3.66. The van der Waals surface area contributed by atoms with Crippen molar-refractivity contribution in [1.82, 2.24) is 4.90 Å². The molecule has 1 amide bonds. The zero-order chi connectivity index (χ0) is 17.3. The number of halogens is 1. The van der Waals surface area contributed by atoms with Crippen LogP contribution in [0.4, 0.5) is 4.39 Å². The van der Waals surface area contributed by atoms with E-state index in [1.165, 1.54) is 6.07 Å². The molecular formula is C18H18FNO3S. The Bertz CT molecular complexity index is 865. The first-order chi connectivity index (χ1) is 11.4. The van der Waals surface area contributed by atoms with Gasteiger partial charge in [-0.05, 0) is 30.2 Å². The van der Waals surface area contributed by atoms with Crippen molar-refractivity contribution in [1.29, 1.82) is 0 Å². The topological polar surface area (TPSA) is 54.5 Å². The largest absolute Gasteiger partial charge is 0.338 e. The molecule has 0 bridgehead atoms. The average molecular weight is 347 g/mol.